The number of nitro benzene ring substituents is 1. The Morgan fingerprint density at radius 2 is 2.19 bits per heavy atom. The monoisotopic (exact) mass is 377 g/mol. The van der Waals surface area contributed by atoms with E-state index in [2.05, 4.69) is 33.6 Å². The SMILES string of the molecule is CSc1nnc(CCCN=Cc2cc([N+](=O)[O-])ccc2O)n1CC(C)C. The number of aromatic hydroxyl groups is 1. The third-order valence-corrected chi connectivity index (χ3v) is 4.33. The number of hydrogen-bond acceptors (Lipinski definition) is 7. The van der Waals surface area contributed by atoms with Gasteiger partial charge < -0.3 is 9.67 Å². The van der Waals surface area contributed by atoms with Crippen molar-refractivity contribution < 1.29 is 10.0 Å². The maximum Gasteiger partial charge on any atom is 0.270 e. The number of thioether (sulfide) groups is 1. The van der Waals surface area contributed by atoms with Crippen molar-refractivity contribution in [2.24, 2.45) is 10.9 Å². The Morgan fingerprint density at radius 3 is 2.85 bits per heavy atom. The van der Waals surface area contributed by atoms with Gasteiger partial charge in [0, 0.05) is 43.4 Å². The lowest BCUT2D eigenvalue weighted by Crippen LogP contribution is -2.10. The minimum absolute atomic E-state index is 0.0272. The molecule has 0 spiro atoms. The van der Waals surface area contributed by atoms with Gasteiger partial charge in [-0.25, -0.2) is 0 Å². The van der Waals surface area contributed by atoms with Gasteiger partial charge in [0.05, 0.1) is 4.92 Å². The molecule has 1 heterocycles. The molecule has 0 aliphatic carbocycles. The van der Waals surface area contributed by atoms with Gasteiger partial charge in [0.1, 0.15) is 11.6 Å². The van der Waals surface area contributed by atoms with Crippen LogP contribution in [0.3, 0.4) is 0 Å². The molecule has 0 aliphatic heterocycles. The summed E-state index contributed by atoms with van der Waals surface area (Å²) in [6.07, 6.45) is 4.98. The highest BCUT2D eigenvalue weighted by molar-refractivity contribution is 7.98. The van der Waals surface area contributed by atoms with Crippen LogP contribution in [-0.2, 0) is 13.0 Å². The third-order valence-electron chi connectivity index (χ3n) is 3.66. The predicted molar refractivity (Wildman–Crippen MR) is 102 cm³/mol. The van der Waals surface area contributed by atoms with Crippen molar-refractivity contribution in [1.29, 1.82) is 0 Å². The Bertz CT molecular complexity index is 789. The number of non-ortho nitro benzene ring substituents is 1. The summed E-state index contributed by atoms with van der Waals surface area (Å²) in [6, 6.07) is 3.87. The molecule has 0 saturated carbocycles. The van der Waals surface area contributed by atoms with Crippen LogP contribution in [0.2, 0.25) is 0 Å². The molecule has 2 aromatic rings. The maximum absolute atomic E-state index is 10.8. The molecule has 140 valence electrons. The summed E-state index contributed by atoms with van der Waals surface area (Å²) in [5.41, 5.74) is 0.266. The summed E-state index contributed by atoms with van der Waals surface area (Å²) < 4.78 is 2.14. The van der Waals surface area contributed by atoms with E-state index < -0.39 is 4.92 Å². The molecule has 0 unspecified atom stereocenters. The van der Waals surface area contributed by atoms with Gasteiger partial charge in [-0.1, -0.05) is 25.6 Å². The number of hydrogen-bond donors (Lipinski definition) is 1. The first-order valence-electron chi connectivity index (χ1n) is 8.35. The lowest BCUT2D eigenvalue weighted by Gasteiger charge is -2.11. The second kappa shape index (κ2) is 9.33. The van der Waals surface area contributed by atoms with Crippen LogP contribution in [0.15, 0.2) is 28.3 Å². The summed E-state index contributed by atoms with van der Waals surface area (Å²) in [5.74, 6) is 1.42. The molecule has 9 heteroatoms. The molecule has 0 radical (unpaired) electrons. The standard InChI is InChI=1S/C17H23N5O3S/c1-12(2)11-21-16(19-20-17(21)26-3)5-4-8-18-10-13-9-14(22(24)25)6-7-15(13)23/h6-7,9-10,12,23H,4-5,8,11H2,1-3H3. The summed E-state index contributed by atoms with van der Waals surface area (Å²) >= 11 is 1.58. The Balaban J connectivity index is 1.95. The third kappa shape index (κ3) is 5.29. The van der Waals surface area contributed by atoms with E-state index in [-0.39, 0.29) is 11.4 Å². The molecule has 0 saturated heterocycles. The van der Waals surface area contributed by atoms with E-state index in [1.54, 1.807) is 11.8 Å². The molecule has 2 rings (SSSR count). The van der Waals surface area contributed by atoms with Crippen LogP contribution in [0.1, 0.15) is 31.7 Å². The van der Waals surface area contributed by atoms with Crippen LogP contribution in [0, 0.1) is 16.0 Å². The quantitative estimate of drug-likeness (QED) is 0.236. The van der Waals surface area contributed by atoms with Crippen LogP contribution >= 0.6 is 11.8 Å². The molecule has 1 aromatic carbocycles. The zero-order chi connectivity index (χ0) is 19.1. The van der Waals surface area contributed by atoms with Gasteiger partial charge in [-0.2, -0.15) is 0 Å². The molecular formula is C17H23N5O3S. The molecule has 26 heavy (non-hydrogen) atoms. The fraction of sp³-hybridized carbons (Fsp3) is 0.471. The largest absolute Gasteiger partial charge is 0.507 e. The molecule has 0 bridgehead atoms. The first-order chi connectivity index (χ1) is 12.4. The van der Waals surface area contributed by atoms with Gasteiger partial charge in [-0.3, -0.25) is 15.1 Å². The van der Waals surface area contributed by atoms with Gasteiger partial charge in [0.25, 0.3) is 5.69 Å². The number of nitro groups is 1. The fourth-order valence-corrected chi connectivity index (χ4v) is 2.98. The van der Waals surface area contributed by atoms with Crippen LogP contribution in [0.5, 0.6) is 5.75 Å². The van der Waals surface area contributed by atoms with E-state index in [0.29, 0.717) is 18.0 Å². The number of aryl methyl sites for hydroxylation is 1. The average Bonchev–Trinajstić information content (AvgIpc) is 2.97. The van der Waals surface area contributed by atoms with Crippen LogP contribution in [0.25, 0.3) is 0 Å². The molecule has 1 N–H and O–H groups in total. The summed E-state index contributed by atoms with van der Waals surface area (Å²) in [5, 5.41) is 30.0. The van der Waals surface area contributed by atoms with Crippen LogP contribution < -0.4 is 0 Å². The van der Waals surface area contributed by atoms with E-state index >= 15 is 0 Å². The van der Waals surface area contributed by atoms with Crippen molar-refractivity contribution in [3.63, 3.8) is 0 Å². The predicted octanol–water partition coefficient (Wildman–Crippen LogP) is 3.32. The van der Waals surface area contributed by atoms with Gasteiger partial charge >= 0.3 is 0 Å². The van der Waals surface area contributed by atoms with Gasteiger partial charge in [0.15, 0.2) is 5.16 Å². The van der Waals surface area contributed by atoms with Crippen molar-refractivity contribution in [2.45, 2.75) is 38.4 Å². The number of phenols is 1. The highest BCUT2D eigenvalue weighted by Crippen LogP contribution is 2.21. The normalized spacial score (nSPS) is 11.5. The van der Waals surface area contributed by atoms with Crippen LogP contribution in [-0.4, -0.2) is 43.8 Å². The number of benzene rings is 1. The highest BCUT2D eigenvalue weighted by atomic mass is 32.2. The zero-order valence-corrected chi connectivity index (χ0v) is 15.9. The van der Waals surface area contributed by atoms with Crippen molar-refractivity contribution in [2.75, 3.05) is 12.8 Å². The smallest absolute Gasteiger partial charge is 0.270 e. The summed E-state index contributed by atoms with van der Waals surface area (Å²) in [4.78, 5) is 14.6. The highest BCUT2D eigenvalue weighted by Gasteiger charge is 2.12. The first-order valence-corrected chi connectivity index (χ1v) is 9.58. The maximum atomic E-state index is 10.8. The Kier molecular flexibility index (Phi) is 7.14. The Labute approximate surface area is 156 Å². The molecule has 0 aliphatic rings. The fourth-order valence-electron chi connectivity index (χ4n) is 2.45. The number of nitrogens with zero attached hydrogens (tertiary/aromatic N) is 5. The average molecular weight is 377 g/mol. The lowest BCUT2D eigenvalue weighted by molar-refractivity contribution is -0.384. The molecule has 0 atom stereocenters. The van der Waals surface area contributed by atoms with Gasteiger partial charge in [-0.15, -0.1) is 10.2 Å². The number of rotatable bonds is 9. The molecule has 0 amide bonds. The first kappa shape index (κ1) is 19.9. The van der Waals surface area contributed by atoms with Crippen molar-refractivity contribution in [3.05, 3.63) is 39.7 Å². The van der Waals surface area contributed by atoms with E-state index in [4.69, 9.17) is 0 Å². The van der Waals surface area contributed by atoms with E-state index in [9.17, 15) is 15.2 Å². The van der Waals surface area contributed by atoms with E-state index in [1.807, 2.05) is 6.26 Å². The van der Waals surface area contributed by atoms with Crippen molar-refractivity contribution in [3.8, 4) is 5.75 Å². The van der Waals surface area contributed by atoms with E-state index in [1.165, 1.54) is 24.4 Å². The van der Waals surface area contributed by atoms with Crippen LogP contribution in [0.4, 0.5) is 5.69 Å². The van der Waals surface area contributed by atoms with Crippen molar-refractivity contribution in [1.82, 2.24) is 14.8 Å². The van der Waals surface area contributed by atoms with E-state index in [0.717, 1.165) is 30.4 Å². The van der Waals surface area contributed by atoms with Gasteiger partial charge in [0.2, 0.25) is 0 Å². The number of aromatic nitrogens is 3. The Morgan fingerprint density at radius 1 is 1.42 bits per heavy atom. The number of phenolic OH excluding ortho intramolecular Hbond substituents is 1. The molecule has 1 aromatic heterocycles. The summed E-state index contributed by atoms with van der Waals surface area (Å²) in [7, 11) is 0. The van der Waals surface area contributed by atoms with Gasteiger partial charge in [-0.05, 0) is 24.7 Å². The second-order valence-corrected chi connectivity index (χ2v) is 7.02. The molecular weight excluding hydrogens is 354 g/mol. The zero-order valence-electron chi connectivity index (χ0n) is 15.1. The second-order valence-electron chi connectivity index (χ2n) is 6.25. The Hall–Kier alpha value is -2.42. The molecule has 0 fully saturated rings. The number of aliphatic imine (C=N–C) groups is 1. The molecule has 8 nitrogen and oxygen atoms in total. The summed E-state index contributed by atoms with van der Waals surface area (Å²) in [6.45, 7) is 5.72. The van der Waals surface area contributed by atoms with Crippen molar-refractivity contribution >= 4 is 23.7 Å². The minimum atomic E-state index is -0.498. The lowest BCUT2D eigenvalue weighted by atomic mass is 10.2. The minimum Gasteiger partial charge on any atom is -0.507 e. The topological polar surface area (TPSA) is 106 Å².